The topological polar surface area (TPSA) is 75.8 Å². The van der Waals surface area contributed by atoms with Gasteiger partial charge in [0.2, 0.25) is 0 Å². The third-order valence-corrected chi connectivity index (χ3v) is 11.4. The van der Waals surface area contributed by atoms with E-state index >= 15 is 0 Å². The molecule has 0 radical (unpaired) electrons. The van der Waals surface area contributed by atoms with Crippen LogP contribution in [0.2, 0.25) is 18.1 Å². The van der Waals surface area contributed by atoms with Crippen LogP contribution in [0.1, 0.15) is 50.8 Å². The van der Waals surface area contributed by atoms with Crippen molar-refractivity contribution in [1.29, 1.82) is 0 Å². The van der Waals surface area contributed by atoms with Crippen molar-refractivity contribution >= 4 is 20.1 Å². The highest BCUT2D eigenvalue weighted by Gasteiger charge is 2.46. The number of hydrogen-bond acceptors (Lipinski definition) is 3. The van der Waals surface area contributed by atoms with Gasteiger partial charge in [0.25, 0.3) is 0 Å². The second-order valence-electron chi connectivity index (χ2n) is 10.1. The fourth-order valence-electron chi connectivity index (χ4n) is 4.14. The molecular formula is C25H36N2O3Si. The Balaban J connectivity index is 1.92. The fourth-order valence-corrected chi connectivity index (χ4v) is 5.42. The first-order chi connectivity index (χ1) is 14.5. The molecule has 1 aliphatic rings. The molecule has 1 saturated heterocycles. The van der Waals surface area contributed by atoms with Crippen LogP contribution in [0.15, 0.2) is 54.6 Å². The van der Waals surface area contributed by atoms with Gasteiger partial charge in [-0.3, -0.25) is 4.90 Å². The van der Waals surface area contributed by atoms with E-state index in [1.54, 1.807) is 4.90 Å². The van der Waals surface area contributed by atoms with Crippen molar-refractivity contribution in [3.05, 3.63) is 65.7 Å². The third kappa shape index (κ3) is 5.30. The summed E-state index contributed by atoms with van der Waals surface area (Å²) in [4.78, 5) is 14.1. The van der Waals surface area contributed by atoms with Crippen LogP contribution in [-0.2, 0) is 10.8 Å². The summed E-state index contributed by atoms with van der Waals surface area (Å²) in [5.41, 5.74) is 8.69. The lowest BCUT2D eigenvalue weighted by Gasteiger charge is -2.42. The molecule has 3 atom stereocenters. The van der Waals surface area contributed by atoms with Crippen LogP contribution in [0.3, 0.4) is 0 Å². The van der Waals surface area contributed by atoms with Gasteiger partial charge in [-0.15, -0.1) is 0 Å². The number of benzene rings is 2. The smallest absolute Gasteiger partial charge is 0.407 e. The summed E-state index contributed by atoms with van der Waals surface area (Å²) in [5, 5.41) is 10.2. The molecule has 3 N–H and O–H groups in total. The van der Waals surface area contributed by atoms with Crippen LogP contribution in [0.25, 0.3) is 0 Å². The zero-order chi connectivity index (χ0) is 22.8. The van der Waals surface area contributed by atoms with Gasteiger partial charge in [-0.1, -0.05) is 63.2 Å². The second-order valence-corrected chi connectivity index (χ2v) is 14.9. The molecule has 5 nitrogen and oxygen atoms in total. The number of nitrogen functional groups attached to an aromatic ring is 1. The number of likely N-dealkylation sites (tertiary alicyclic amines) is 1. The molecule has 2 aromatic rings. The first-order valence-corrected chi connectivity index (χ1v) is 14.0. The van der Waals surface area contributed by atoms with Gasteiger partial charge in [0.1, 0.15) is 0 Å². The lowest BCUT2D eigenvalue weighted by Crippen LogP contribution is -2.49. The van der Waals surface area contributed by atoms with Gasteiger partial charge in [0, 0.05) is 11.7 Å². The van der Waals surface area contributed by atoms with E-state index in [2.05, 4.69) is 46.0 Å². The molecule has 31 heavy (non-hydrogen) atoms. The summed E-state index contributed by atoms with van der Waals surface area (Å²) in [6, 6.07) is 17.6. The molecule has 1 amide bonds. The summed E-state index contributed by atoms with van der Waals surface area (Å²) in [6.45, 7) is 11.1. The molecular weight excluding hydrogens is 404 g/mol. The highest BCUT2D eigenvalue weighted by atomic mass is 28.4. The SMILES string of the molecule is CC(C)(C)[Si](C)(C)O[C@H](c1ccccc1)[C@H]1CC[C@@H](Cc2ccc(N)cc2)N1C(=O)O. The Kier molecular flexibility index (Phi) is 6.81. The van der Waals surface area contributed by atoms with Crippen molar-refractivity contribution in [1.82, 2.24) is 4.90 Å². The molecule has 0 saturated carbocycles. The molecule has 3 rings (SSSR count). The average Bonchev–Trinajstić information content (AvgIpc) is 3.11. The van der Waals surface area contributed by atoms with E-state index in [0.29, 0.717) is 6.42 Å². The molecule has 0 unspecified atom stereocenters. The van der Waals surface area contributed by atoms with E-state index in [9.17, 15) is 9.90 Å². The predicted octanol–water partition coefficient (Wildman–Crippen LogP) is 6.09. The molecule has 2 aromatic carbocycles. The van der Waals surface area contributed by atoms with Gasteiger partial charge >= 0.3 is 6.09 Å². The summed E-state index contributed by atoms with van der Waals surface area (Å²) in [6.07, 6.45) is 1.16. The number of nitrogens with zero attached hydrogens (tertiary/aromatic N) is 1. The second kappa shape index (κ2) is 9.05. The molecule has 1 heterocycles. The van der Waals surface area contributed by atoms with Crippen LogP contribution in [-0.4, -0.2) is 36.5 Å². The number of carbonyl (C=O) groups is 1. The monoisotopic (exact) mass is 440 g/mol. The van der Waals surface area contributed by atoms with Gasteiger partial charge in [-0.25, -0.2) is 4.79 Å². The normalized spacial score (nSPS) is 20.6. The van der Waals surface area contributed by atoms with E-state index < -0.39 is 14.4 Å². The molecule has 1 aliphatic heterocycles. The molecule has 0 spiro atoms. The summed E-state index contributed by atoms with van der Waals surface area (Å²) in [7, 11) is -2.12. The molecule has 0 aromatic heterocycles. The molecule has 6 heteroatoms. The Bertz CT molecular complexity index is 878. The lowest BCUT2D eigenvalue weighted by atomic mass is 10.0. The van der Waals surface area contributed by atoms with Crippen LogP contribution in [0.4, 0.5) is 10.5 Å². The Labute approximate surface area is 187 Å². The average molecular weight is 441 g/mol. The van der Waals surface area contributed by atoms with Crippen LogP contribution >= 0.6 is 0 Å². The Morgan fingerprint density at radius 1 is 1.13 bits per heavy atom. The number of nitrogens with two attached hydrogens (primary N) is 1. The summed E-state index contributed by atoms with van der Waals surface area (Å²) >= 11 is 0. The van der Waals surface area contributed by atoms with Gasteiger partial charge in [0.15, 0.2) is 8.32 Å². The fraction of sp³-hybridized carbons (Fsp3) is 0.480. The number of hydrogen-bond donors (Lipinski definition) is 2. The molecule has 168 valence electrons. The van der Waals surface area contributed by atoms with Gasteiger partial charge in [-0.2, -0.15) is 0 Å². The maximum atomic E-state index is 12.4. The third-order valence-electron chi connectivity index (χ3n) is 6.92. The van der Waals surface area contributed by atoms with Crippen molar-refractivity contribution in [2.75, 3.05) is 5.73 Å². The van der Waals surface area contributed by atoms with E-state index in [0.717, 1.165) is 29.7 Å². The number of anilines is 1. The van der Waals surface area contributed by atoms with Gasteiger partial charge in [0.05, 0.1) is 12.1 Å². The first-order valence-electron chi connectivity index (χ1n) is 11.1. The minimum Gasteiger partial charge on any atom is -0.465 e. The lowest BCUT2D eigenvalue weighted by molar-refractivity contribution is 0.0598. The number of rotatable bonds is 6. The molecule has 0 bridgehead atoms. The minimum atomic E-state index is -2.12. The molecule has 0 aliphatic carbocycles. The first kappa shape index (κ1) is 23.4. The van der Waals surface area contributed by atoms with Gasteiger partial charge in [-0.05, 0) is 60.7 Å². The Morgan fingerprint density at radius 2 is 1.74 bits per heavy atom. The number of amides is 1. The van der Waals surface area contributed by atoms with Crippen LogP contribution in [0.5, 0.6) is 0 Å². The predicted molar refractivity (Wildman–Crippen MR) is 129 cm³/mol. The minimum absolute atomic E-state index is 0.0378. The summed E-state index contributed by atoms with van der Waals surface area (Å²) in [5.74, 6) is 0. The molecule has 1 fully saturated rings. The zero-order valence-corrected chi connectivity index (χ0v) is 20.3. The summed E-state index contributed by atoms with van der Waals surface area (Å²) < 4.78 is 6.88. The maximum Gasteiger partial charge on any atom is 0.407 e. The van der Waals surface area contributed by atoms with E-state index in [-0.39, 0.29) is 23.2 Å². The standard InChI is InChI=1S/C25H36N2O3Si/c1-25(2,3)31(4,5)30-23(19-9-7-6-8-10-19)22-16-15-21(27(22)24(28)29)17-18-11-13-20(26)14-12-18/h6-14,21-23H,15-17,26H2,1-5H3,(H,28,29)/t21-,22+,23+/m0/s1. The van der Waals surface area contributed by atoms with E-state index in [1.807, 2.05) is 42.5 Å². The quantitative estimate of drug-likeness (QED) is 0.421. The Morgan fingerprint density at radius 3 is 2.29 bits per heavy atom. The number of carboxylic acid groups (broad SMARTS) is 1. The highest BCUT2D eigenvalue weighted by Crippen LogP contribution is 2.44. The van der Waals surface area contributed by atoms with Crippen LogP contribution in [0, 0.1) is 0 Å². The van der Waals surface area contributed by atoms with Crippen molar-refractivity contribution in [2.45, 2.75) is 76.4 Å². The zero-order valence-electron chi connectivity index (χ0n) is 19.3. The van der Waals surface area contributed by atoms with Gasteiger partial charge < -0.3 is 15.3 Å². The van der Waals surface area contributed by atoms with E-state index in [1.165, 1.54) is 0 Å². The van der Waals surface area contributed by atoms with Crippen LogP contribution < -0.4 is 5.73 Å². The van der Waals surface area contributed by atoms with Crippen molar-refractivity contribution in [3.63, 3.8) is 0 Å². The maximum absolute atomic E-state index is 12.4. The van der Waals surface area contributed by atoms with Crippen molar-refractivity contribution in [3.8, 4) is 0 Å². The van der Waals surface area contributed by atoms with Crippen molar-refractivity contribution < 1.29 is 14.3 Å². The van der Waals surface area contributed by atoms with Crippen molar-refractivity contribution in [2.24, 2.45) is 0 Å². The Hall–Kier alpha value is -2.31. The highest BCUT2D eigenvalue weighted by molar-refractivity contribution is 6.74. The van der Waals surface area contributed by atoms with E-state index in [4.69, 9.17) is 10.2 Å². The largest absolute Gasteiger partial charge is 0.465 e.